The molecule has 0 spiro atoms. The molecule has 0 aliphatic carbocycles. The molecule has 0 unspecified atom stereocenters. The average Bonchev–Trinajstić information content (AvgIpc) is 3.08. The van der Waals surface area contributed by atoms with Gasteiger partial charge >= 0.3 is 6.01 Å². The van der Waals surface area contributed by atoms with Gasteiger partial charge < -0.3 is 20.5 Å². The first-order valence-electron chi connectivity index (χ1n) is 6.90. The number of nitrogens with zero attached hydrogens (tertiary/aromatic N) is 2. The predicted octanol–water partition coefficient (Wildman–Crippen LogP) is 0.888. The highest BCUT2D eigenvalue weighted by Gasteiger charge is 2.21. The molecule has 2 aromatic rings. The van der Waals surface area contributed by atoms with Gasteiger partial charge in [-0.05, 0) is 25.1 Å². The second-order valence-corrected chi connectivity index (χ2v) is 5.16. The first-order chi connectivity index (χ1) is 9.81. The Labute approximate surface area is 116 Å². The lowest BCUT2D eigenvalue weighted by Gasteiger charge is -2.12. The molecule has 0 amide bonds. The van der Waals surface area contributed by atoms with Gasteiger partial charge in [0.2, 0.25) is 0 Å². The van der Waals surface area contributed by atoms with Gasteiger partial charge in [-0.1, -0.05) is 0 Å². The molecule has 1 aromatic carbocycles. The van der Waals surface area contributed by atoms with E-state index in [1.54, 1.807) is 0 Å². The minimum Gasteiger partial charge on any atom is -0.493 e. The summed E-state index contributed by atoms with van der Waals surface area (Å²) in [6.07, 6.45) is 1.95. The van der Waals surface area contributed by atoms with Crippen molar-refractivity contribution >= 4 is 16.7 Å². The number of hydrogen-bond acceptors (Lipinski definition) is 6. The summed E-state index contributed by atoms with van der Waals surface area (Å²) in [6, 6.07) is 4.21. The van der Waals surface area contributed by atoms with Crippen LogP contribution in [0, 0.1) is 0 Å². The standard InChI is InChI=1S/C14H16N4O2/c15-13-10-1-2-11-9(4-6-19-11)12(10)17-14(18-13)20-8-3-5-16-7-8/h1-2,8,16H,3-7H2,(H2,15,17,18)/t8-/m0/s1. The molecule has 1 atom stereocenters. The predicted molar refractivity (Wildman–Crippen MR) is 75.1 cm³/mol. The quantitative estimate of drug-likeness (QED) is 0.845. The lowest BCUT2D eigenvalue weighted by atomic mass is 10.1. The highest BCUT2D eigenvalue weighted by atomic mass is 16.5. The van der Waals surface area contributed by atoms with Crippen molar-refractivity contribution in [3.05, 3.63) is 17.7 Å². The summed E-state index contributed by atoms with van der Waals surface area (Å²) in [7, 11) is 0. The summed E-state index contributed by atoms with van der Waals surface area (Å²) in [6.45, 7) is 2.50. The van der Waals surface area contributed by atoms with Crippen LogP contribution >= 0.6 is 0 Å². The number of nitrogens with one attached hydrogen (secondary N) is 1. The van der Waals surface area contributed by atoms with E-state index in [4.69, 9.17) is 15.2 Å². The van der Waals surface area contributed by atoms with E-state index >= 15 is 0 Å². The Bertz CT molecular complexity index is 668. The molecule has 4 rings (SSSR count). The van der Waals surface area contributed by atoms with Gasteiger partial charge in [0.1, 0.15) is 17.7 Å². The minimum absolute atomic E-state index is 0.125. The van der Waals surface area contributed by atoms with Crippen molar-refractivity contribution < 1.29 is 9.47 Å². The lowest BCUT2D eigenvalue weighted by molar-refractivity contribution is 0.205. The van der Waals surface area contributed by atoms with E-state index in [0.717, 1.165) is 48.1 Å². The maximum Gasteiger partial charge on any atom is 0.319 e. The highest BCUT2D eigenvalue weighted by molar-refractivity contribution is 5.92. The van der Waals surface area contributed by atoms with Gasteiger partial charge in [0.05, 0.1) is 12.1 Å². The number of nitrogens with two attached hydrogens (primary N) is 1. The maximum atomic E-state index is 6.04. The van der Waals surface area contributed by atoms with Crippen LogP contribution in [0.3, 0.4) is 0 Å². The number of aromatic nitrogens is 2. The molecular formula is C14H16N4O2. The van der Waals surface area contributed by atoms with Crippen LogP contribution in [-0.2, 0) is 6.42 Å². The third kappa shape index (κ3) is 1.84. The first-order valence-corrected chi connectivity index (χ1v) is 6.90. The minimum atomic E-state index is 0.125. The molecular weight excluding hydrogens is 256 g/mol. The Hall–Kier alpha value is -2.08. The van der Waals surface area contributed by atoms with Crippen LogP contribution in [0.25, 0.3) is 10.9 Å². The third-order valence-corrected chi connectivity index (χ3v) is 3.84. The van der Waals surface area contributed by atoms with Crippen molar-refractivity contribution in [1.29, 1.82) is 0 Å². The van der Waals surface area contributed by atoms with Gasteiger partial charge in [-0.15, -0.1) is 0 Å². The largest absolute Gasteiger partial charge is 0.493 e. The van der Waals surface area contributed by atoms with Crippen LogP contribution in [0.5, 0.6) is 11.8 Å². The summed E-state index contributed by atoms with van der Waals surface area (Å²) in [5.74, 6) is 1.36. The van der Waals surface area contributed by atoms with Crippen LogP contribution < -0.4 is 20.5 Å². The molecule has 1 saturated heterocycles. The first kappa shape index (κ1) is 11.7. The fraction of sp³-hybridized carbons (Fsp3) is 0.429. The van der Waals surface area contributed by atoms with Crippen molar-refractivity contribution in [3.8, 4) is 11.8 Å². The topological polar surface area (TPSA) is 82.3 Å². The van der Waals surface area contributed by atoms with Crippen LogP contribution in [0.1, 0.15) is 12.0 Å². The maximum absolute atomic E-state index is 6.04. The zero-order valence-electron chi connectivity index (χ0n) is 11.1. The molecule has 2 aliphatic rings. The molecule has 3 N–H and O–H groups in total. The summed E-state index contributed by atoms with van der Waals surface area (Å²) in [5.41, 5.74) is 8.00. The lowest BCUT2D eigenvalue weighted by Crippen LogP contribution is -2.21. The number of ether oxygens (including phenoxy) is 2. The molecule has 6 heteroatoms. The Morgan fingerprint density at radius 2 is 2.30 bits per heavy atom. The van der Waals surface area contributed by atoms with Gasteiger partial charge in [0.15, 0.2) is 0 Å². The Morgan fingerprint density at radius 3 is 3.15 bits per heavy atom. The SMILES string of the molecule is Nc1nc(O[C@H]2CCNC2)nc2c3c(ccc12)OCC3. The van der Waals surface area contributed by atoms with Crippen molar-refractivity contribution in [2.45, 2.75) is 18.9 Å². The van der Waals surface area contributed by atoms with Crippen molar-refractivity contribution in [2.24, 2.45) is 0 Å². The molecule has 3 heterocycles. The average molecular weight is 272 g/mol. The van der Waals surface area contributed by atoms with Crippen LogP contribution in [0.4, 0.5) is 5.82 Å². The number of hydrogen-bond donors (Lipinski definition) is 2. The Kier molecular flexibility index (Phi) is 2.63. The van der Waals surface area contributed by atoms with Crippen molar-refractivity contribution in [1.82, 2.24) is 15.3 Å². The van der Waals surface area contributed by atoms with E-state index in [9.17, 15) is 0 Å². The molecule has 1 aromatic heterocycles. The normalized spacial score (nSPS) is 20.9. The van der Waals surface area contributed by atoms with Gasteiger partial charge in [-0.2, -0.15) is 9.97 Å². The van der Waals surface area contributed by atoms with Crippen LogP contribution in [-0.4, -0.2) is 35.8 Å². The summed E-state index contributed by atoms with van der Waals surface area (Å²) < 4.78 is 11.4. The van der Waals surface area contributed by atoms with Gasteiger partial charge in [0, 0.05) is 23.9 Å². The van der Waals surface area contributed by atoms with E-state index in [-0.39, 0.29) is 6.10 Å². The molecule has 1 fully saturated rings. The third-order valence-electron chi connectivity index (χ3n) is 3.84. The van der Waals surface area contributed by atoms with Gasteiger partial charge in [-0.3, -0.25) is 0 Å². The Balaban J connectivity index is 1.79. The van der Waals surface area contributed by atoms with Crippen LogP contribution in [0.15, 0.2) is 12.1 Å². The summed E-state index contributed by atoms with van der Waals surface area (Å²) in [4.78, 5) is 8.82. The molecule has 0 radical (unpaired) electrons. The summed E-state index contributed by atoms with van der Waals surface area (Å²) >= 11 is 0. The molecule has 0 bridgehead atoms. The van der Waals surface area contributed by atoms with Crippen LogP contribution in [0.2, 0.25) is 0 Å². The fourth-order valence-electron chi connectivity index (χ4n) is 2.81. The second-order valence-electron chi connectivity index (χ2n) is 5.16. The van der Waals surface area contributed by atoms with Gasteiger partial charge in [-0.25, -0.2) is 0 Å². The van der Waals surface area contributed by atoms with E-state index in [2.05, 4.69) is 15.3 Å². The number of benzene rings is 1. The summed E-state index contributed by atoms with van der Waals surface area (Å²) in [5, 5.41) is 4.12. The van der Waals surface area contributed by atoms with E-state index in [1.165, 1.54) is 0 Å². The smallest absolute Gasteiger partial charge is 0.319 e. The number of nitrogen functional groups attached to an aromatic ring is 1. The van der Waals surface area contributed by atoms with Crippen molar-refractivity contribution in [3.63, 3.8) is 0 Å². The zero-order chi connectivity index (χ0) is 13.5. The monoisotopic (exact) mass is 272 g/mol. The fourth-order valence-corrected chi connectivity index (χ4v) is 2.81. The molecule has 2 aliphatic heterocycles. The number of rotatable bonds is 2. The zero-order valence-corrected chi connectivity index (χ0v) is 11.1. The second kappa shape index (κ2) is 4.49. The molecule has 0 saturated carbocycles. The molecule has 104 valence electrons. The van der Waals surface area contributed by atoms with E-state index in [0.29, 0.717) is 18.4 Å². The van der Waals surface area contributed by atoms with Gasteiger partial charge in [0.25, 0.3) is 0 Å². The number of anilines is 1. The highest BCUT2D eigenvalue weighted by Crippen LogP contribution is 2.34. The number of fused-ring (bicyclic) bond motifs is 3. The van der Waals surface area contributed by atoms with E-state index in [1.807, 2.05) is 12.1 Å². The molecule has 6 nitrogen and oxygen atoms in total. The molecule has 20 heavy (non-hydrogen) atoms. The van der Waals surface area contributed by atoms with Crippen molar-refractivity contribution in [2.75, 3.05) is 25.4 Å². The van der Waals surface area contributed by atoms with E-state index < -0.39 is 0 Å². The Morgan fingerprint density at radius 1 is 1.35 bits per heavy atom.